The van der Waals surface area contributed by atoms with Crippen LogP contribution in [0.1, 0.15) is 11.1 Å². The molecule has 0 aliphatic rings. The Balaban J connectivity index is 0.000000141. The molecule has 4 heteroatoms. The van der Waals surface area contributed by atoms with E-state index >= 15 is 0 Å². The molecule has 4 aromatic rings. The third-order valence-electron chi connectivity index (χ3n) is 3.93. The zero-order valence-electron chi connectivity index (χ0n) is 13.6. The Morgan fingerprint density at radius 3 is 1.42 bits per heavy atom. The molecule has 0 saturated heterocycles. The Morgan fingerprint density at radius 1 is 0.625 bits per heavy atom. The van der Waals surface area contributed by atoms with E-state index in [4.69, 9.17) is 0 Å². The van der Waals surface area contributed by atoms with Gasteiger partial charge in [-0.15, -0.1) is 0 Å². The van der Waals surface area contributed by atoms with E-state index in [1.165, 1.54) is 0 Å². The van der Waals surface area contributed by atoms with Gasteiger partial charge in [-0.3, -0.25) is 9.97 Å². The number of aromatic nitrogens is 2. The summed E-state index contributed by atoms with van der Waals surface area (Å²) in [4.78, 5) is 8.18. The summed E-state index contributed by atoms with van der Waals surface area (Å²) in [6, 6.07) is 14.8. The predicted molar refractivity (Wildman–Crippen MR) is 96.3 cm³/mol. The lowest BCUT2D eigenvalue weighted by molar-refractivity contribution is 0.480. The van der Waals surface area contributed by atoms with Gasteiger partial charge in [-0.25, -0.2) is 0 Å². The topological polar surface area (TPSA) is 66.2 Å². The van der Waals surface area contributed by atoms with E-state index in [1.54, 1.807) is 24.5 Å². The molecular formula is C20H18N2O2. The van der Waals surface area contributed by atoms with Crippen molar-refractivity contribution in [2.24, 2.45) is 0 Å². The third kappa shape index (κ3) is 2.99. The van der Waals surface area contributed by atoms with Crippen LogP contribution >= 0.6 is 0 Å². The zero-order valence-corrected chi connectivity index (χ0v) is 13.6. The molecule has 0 saturated carbocycles. The fourth-order valence-corrected chi connectivity index (χ4v) is 2.60. The van der Waals surface area contributed by atoms with Crippen LogP contribution in [0.5, 0.6) is 11.5 Å². The monoisotopic (exact) mass is 318 g/mol. The lowest BCUT2D eigenvalue weighted by Gasteiger charge is -2.01. The molecule has 0 spiro atoms. The maximum atomic E-state index is 9.43. The van der Waals surface area contributed by atoms with Crippen molar-refractivity contribution in [3.05, 3.63) is 72.1 Å². The van der Waals surface area contributed by atoms with Gasteiger partial charge in [-0.2, -0.15) is 0 Å². The molecule has 4 rings (SSSR count). The molecule has 0 aliphatic heterocycles. The minimum atomic E-state index is 0.246. The molecule has 120 valence electrons. The molecule has 0 aliphatic carbocycles. The first-order valence-corrected chi connectivity index (χ1v) is 7.64. The van der Waals surface area contributed by atoms with Gasteiger partial charge in [0.25, 0.3) is 0 Å². The van der Waals surface area contributed by atoms with Crippen molar-refractivity contribution >= 4 is 21.8 Å². The van der Waals surface area contributed by atoms with Crippen LogP contribution in [0, 0.1) is 13.8 Å². The van der Waals surface area contributed by atoms with Gasteiger partial charge in [0.2, 0.25) is 0 Å². The van der Waals surface area contributed by atoms with Gasteiger partial charge >= 0.3 is 0 Å². The minimum absolute atomic E-state index is 0.246. The first kappa shape index (κ1) is 15.7. The number of aryl methyl sites for hydroxylation is 2. The smallest absolute Gasteiger partial charge is 0.141 e. The fourth-order valence-electron chi connectivity index (χ4n) is 2.60. The number of benzene rings is 2. The number of nitrogens with zero attached hydrogens (tertiary/aromatic N) is 2. The van der Waals surface area contributed by atoms with Crippen LogP contribution in [-0.2, 0) is 0 Å². The second-order valence-corrected chi connectivity index (χ2v) is 5.60. The van der Waals surface area contributed by atoms with Crippen LogP contribution in [0.25, 0.3) is 21.8 Å². The summed E-state index contributed by atoms with van der Waals surface area (Å²) < 4.78 is 0. The van der Waals surface area contributed by atoms with E-state index in [1.807, 2.05) is 50.2 Å². The molecule has 0 bridgehead atoms. The number of fused-ring (bicyclic) bond motifs is 2. The van der Waals surface area contributed by atoms with Crippen molar-refractivity contribution < 1.29 is 10.2 Å². The number of aromatic hydroxyl groups is 2. The van der Waals surface area contributed by atoms with E-state index < -0.39 is 0 Å². The number of phenolic OH excluding ortho intramolecular Hbond substituents is 2. The van der Waals surface area contributed by atoms with Crippen molar-refractivity contribution in [2.75, 3.05) is 0 Å². The molecular weight excluding hydrogens is 300 g/mol. The Hall–Kier alpha value is -3.14. The van der Waals surface area contributed by atoms with Gasteiger partial charge in [-0.05, 0) is 49.2 Å². The fraction of sp³-hybridized carbons (Fsp3) is 0.100. The van der Waals surface area contributed by atoms with Gasteiger partial charge in [0.05, 0.1) is 0 Å². The molecule has 0 atom stereocenters. The molecule has 0 radical (unpaired) electrons. The molecule has 24 heavy (non-hydrogen) atoms. The van der Waals surface area contributed by atoms with E-state index in [0.29, 0.717) is 11.0 Å². The highest BCUT2D eigenvalue weighted by Crippen LogP contribution is 2.25. The lowest BCUT2D eigenvalue weighted by Crippen LogP contribution is -1.81. The molecule has 4 nitrogen and oxygen atoms in total. The molecule has 0 unspecified atom stereocenters. The summed E-state index contributed by atoms with van der Waals surface area (Å²) in [5, 5.41) is 20.9. The molecule has 2 N–H and O–H groups in total. The van der Waals surface area contributed by atoms with Crippen molar-refractivity contribution in [1.29, 1.82) is 0 Å². The quantitative estimate of drug-likeness (QED) is 0.501. The van der Waals surface area contributed by atoms with Crippen LogP contribution in [0.2, 0.25) is 0 Å². The van der Waals surface area contributed by atoms with Crippen LogP contribution in [0.15, 0.2) is 60.9 Å². The summed E-state index contributed by atoms with van der Waals surface area (Å²) in [6.07, 6.45) is 3.36. The number of hydrogen-bond acceptors (Lipinski definition) is 4. The zero-order chi connectivity index (χ0) is 17.1. The summed E-state index contributed by atoms with van der Waals surface area (Å²) >= 11 is 0. The highest BCUT2D eigenvalue weighted by molar-refractivity contribution is 5.87. The van der Waals surface area contributed by atoms with E-state index in [9.17, 15) is 10.2 Å². The summed E-state index contributed by atoms with van der Waals surface area (Å²) in [5.41, 5.74) is 3.63. The maximum absolute atomic E-state index is 9.43. The van der Waals surface area contributed by atoms with E-state index in [2.05, 4.69) is 9.97 Å². The van der Waals surface area contributed by atoms with Gasteiger partial charge in [0.1, 0.15) is 22.5 Å². The summed E-state index contributed by atoms with van der Waals surface area (Å²) in [5.74, 6) is 0.493. The Bertz CT molecular complexity index is 848. The van der Waals surface area contributed by atoms with Crippen LogP contribution in [-0.4, -0.2) is 20.2 Å². The van der Waals surface area contributed by atoms with Crippen molar-refractivity contribution in [1.82, 2.24) is 9.97 Å². The van der Waals surface area contributed by atoms with E-state index in [0.717, 1.165) is 21.9 Å². The number of rotatable bonds is 0. The highest BCUT2D eigenvalue weighted by Gasteiger charge is 2.02. The van der Waals surface area contributed by atoms with Gasteiger partial charge in [-0.1, -0.05) is 24.3 Å². The van der Waals surface area contributed by atoms with Crippen molar-refractivity contribution in [3.8, 4) is 11.5 Å². The molecule has 2 aromatic carbocycles. The molecule has 2 heterocycles. The highest BCUT2D eigenvalue weighted by atomic mass is 16.3. The number of pyridine rings is 2. The standard InChI is InChI=1S/2C10H9NO/c2*1-7-4-5-9(12)10-8(7)3-2-6-11-10/h2*2-6,12H,1H3. The van der Waals surface area contributed by atoms with Gasteiger partial charge in [0.15, 0.2) is 0 Å². The largest absolute Gasteiger partial charge is 0.506 e. The molecule has 0 amide bonds. The van der Waals surface area contributed by atoms with Crippen molar-refractivity contribution in [3.63, 3.8) is 0 Å². The molecule has 2 aromatic heterocycles. The van der Waals surface area contributed by atoms with Gasteiger partial charge < -0.3 is 10.2 Å². The predicted octanol–water partition coefficient (Wildman–Crippen LogP) is 4.50. The third-order valence-corrected chi connectivity index (χ3v) is 3.93. The summed E-state index contributed by atoms with van der Waals surface area (Å²) in [7, 11) is 0. The van der Waals surface area contributed by atoms with Crippen LogP contribution in [0.4, 0.5) is 0 Å². The Kier molecular flexibility index (Phi) is 4.29. The Labute approximate surface area is 140 Å². The average molecular weight is 318 g/mol. The normalized spacial score (nSPS) is 10.4. The summed E-state index contributed by atoms with van der Waals surface area (Å²) in [6.45, 7) is 4.01. The minimum Gasteiger partial charge on any atom is -0.506 e. The first-order valence-electron chi connectivity index (χ1n) is 7.64. The van der Waals surface area contributed by atoms with Crippen LogP contribution < -0.4 is 0 Å². The SMILES string of the molecule is Cc1ccc(O)c2ncccc12.Cc1ccc(O)c2ncccc12. The number of phenols is 2. The lowest BCUT2D eigenvalue weighted by atomic mass is 10.1. The number of hydrogen-bond donors (Lipinski definition) is 2. The van der Waals surface area contributed by atoms with E-state index in [-0.39, 0.29) is 11.5 Å². The Morgan fingerprint density at radius 2 is 1.04 bits per heavy atom. The van der Waals surface area contributed by atoms with Crippen LogP contribution in [0.3, 0.4) is 0 Å². The maximum Gasteiger partial charge on any atom is 0.141 e. The molecule has 0 fully saturated rings. The average Bonchev–Trinajstić information content (AvgIpc) is 2.63. The second kappa shape index (κ2) is 6.54. The first-order chi connectivity index (χ1) is 11.6. The van der Waals surface area contributed by atoms with Gasteiger partial charge in [0, 0.05) is 23.2 Å². The van der Waals surface area contributed by atoms with Crippen molar-refractivity contribution in [2.45, 2.75) is 13.8 Å². The second-order valence-electron chi connectivity index (χ2n) is 5.60.